The molecule has 0 fully saturated rings. The number of aromatic nitrogens is 7. The van der Waals surface area contributed by atoms with Gasteiger partial charge in [-0.1, -0.05) is 146 Å². The van der Waals surface area contributed by atoms with Gasteiger partial charge in [0.2, 0.25) is 11.6 Å². The Bertz CT molecular complexity index is 3950. The minimum Gasteiger partial charge on any atom is -0.456 e. The number of para-hydroxylation sites is 10. The van der Waals surface area contributed by atoms with Gasteiger partial charge in [-0.3, -0.25) is 17.9 Å². The topological polar surface area (TPSA) is 70.5 Å². The fraction of sp³-hybridized carbons (Fsp3) is 0. The van der Waals surface area contributed by atoms with Crippen LogP contribution in [0.5, 0.6) is 0 Å². The maximum absolute atomic E-state index is 7.04. The molecule has 0 bridgehead atoms. The molecule has 6 aromatic heterocycles. The molecule has 14 aromatic rings. The summed E-state index contributed by atoms with van der Waals surface area (Å²) in [6.07, 6.45) is 0. The zero-order chi connectivity index (χ0) is 41.9. The van der Waals surface area contributed by atoms with Crippen LogP contribution < -0.4 is 20.7 Å². The largest absolute Gasteiger partial charge is 0.456 e. The summed E-state index contributed by atoms with van der Waals surface area (Å²) in [6.45, 7) is 0. The van der Waals surface area contributed by atoms with E-state index >= 15 is 0 Å². The molecular formula is C55H35N7OSi. The Kier molecular flexibility index (Phi) is 7.26. The van der Waals surface area contributed by atoms with Crippen LogP contribution in [0.15, 0.2) is 217 Å². The van der Waals surface area contributed by atoms with Gasteiger partial charge in [-0.15, -0.1) is 0 Å². The molecular weight excluding hydrogens is 803 g/mol. The van der Waals surface area contributed by atoms with Crippen LogP contribution in [-0.2, 0) is 0 Å². The molecule has 0 aliphatic carbocycles. The number of fused-ring (bicyclic) bond motifs is 13. The SMILES string of the molecule is c1ccc([Si](c2ccccc2)(c2cc(-n3c4ccccc4n4c5ccccc5nc34)nc(-n3c4ccccc4n4c5ccccc5nc34)c2)c2cccc3c2oc2ccccc23)cc1. The van der Waals surface area contributed by atoms with Crippen molar-refractivity contribution in [2.24, 2.45) is 0 Å². The van der Waals surface area contributed by atoms with Crippen LogP contribution in [0, 0.1) is 0 Å². The second-order valence-corrected chi connectivity index (χ2v) is 20.2. The molecule has 0 unspecified atom stereocenters. The standard InChI is InChI=1S/C55H35N7OSi/c1-3-18-36(19-4-1)64(37-20-5-2-6-21-37,50-33-17-23-40-39-22-7-16-32-49(39)63-53(40)50)38-34-51(61-47-30-14-12-28-45(47)59-43-26-10-8-24-41(43)56-54(59)61)58-52(35-38)62-48-31-15-13-29-46(48)60-44-27-11-9-25-42(44)57-55(60)62/h1-35H. The van der Waals surface area contributed by atoms with E-state index in [-0.39, 0.29) is 0 Å². The van der Waals surface area contributed by atoms with Gasteiger partial charge in [0.15, 0.2) is 8.07 Å². The number of furan rings is 1. The van der Waals surface area contributed by atoms with Crippen LogP contribution in [0.3, 0.4) is 0 Å². The predicted molar refractivity (Wildman–Crippen MR) is 261 cm³/mol. The Balaban J connectivity index is 1.20. The lowest BCUT2D eigenvalue weighted by Crippen LogP contribution is -2.75. The number of rotatable bonds is 6. The van der Waals surface area contributed by atoms with Gasteiger partial charge in [0, 0.05) is 10.8 Å². The average molecular weight is 838 g/mol. The van der Waals surface area contributed by atoms with Crippen molar-refractivity contribution in [2.45, 2.75) is 0 Å². The fourth-order valence-electron chi connectivity index (χ4n) is 10.5. The predicted octanol–water partition coefficient (Wildman–Crippen LogP) is 9.85. The van der Waals surface area contributed by atoms with Crippen LogP contribution in [0.25, 0.3) is 89.3 Å². The molecule has 0 saturated heterocycles. The summed E-state index contributed by atoms with van der Waals surface area (Å²) < 4.78 is 16.0. The summed E-state index contributed by atoms with van der Waals surface area (Å²) in [5.74, 6) is 3.08. The van der Waals surface area contributed by atoms with Crippen molar-refractivity contribution in [3.05, 3.63) is 212 Å². The molecule has 64 heavy (non-hydrogen) atoms. The summed E-state index contributed by atoms with van der Waals surface area (Å²) in [4.78, 5) is 16.4. The summed E-state index contributed by atoms with van der Waals surface area (Å²) in [5, 5.41) is 6.93. The van der Waals surface area contributed by atoms with Crippen molar-refractivity contribution in [1.82, 2.24) is 32.9 Å². The van der Waals surface area contributed by atoms with Gasteiger partial charge in [-0.25, -0.2) is 15.0 Å². The molecule has 0 amide bonds. The van der Waals surface area contributed by atoms with Crippen molar-refractivity contribution in [3.63, 3.8) is 0 Å². The highest BCUT2D eigenvalue weighted by Gasteiger charge is 2.45. The summed E-state index contributed by atoms with van der Waals surface area (Å²) in [5.41, 5.74) is 9.80. The fourth-order valence-corrected chi connectivity index (χ4v) is 15.4. The third-order valence-electron chi connectivity index (χ3n) is 13.1. The zero-order valence-corrected chi connectivity index (χ0v) is 35.2. The quantitative estimate of drug-likeness (QED) is 0.124. The summed E-state index contributed by atoms with van der Waals surface area (Å²) in [7, 11) is -3.36. The normalized spacial score (nSPS) is 12.4. The number of imidazole rings is 4. The van der Waals surface area contributed by atoms with Crippen LogP contribution in [0.1, 0.15) is 0 Å². The first kappa shape index (κ1) is 35.1. The van der Waals surface area contributed by atoms with Crippen molar-refractivity contribution in [2.75, 3.05) is 0 Å². The molecule has 0 aliphatic rings. The molecule has 14 rings (SSSR count). The van der Waals surface area contributed by atoms with E-state index < -0.39 is 8.07 Å². The minimum atomic E-state index is -3.36. The number of nitrogens with zero attached hydrogens (tertiary/aromatic N) is 7. The second kappa shape index (κ2) is 13.2. The van der Waals surface area contributed by atoms with Crippen LogP contribution in [0.2, 0.25) is 0 Å². The lowest BCUT2D eigenvalue weighted by molar-refractivity contribution is 0.671. The maximum Gasteiger partial charge on any atom is 0.221 e. The second-order valence-electron chi connectivity index (χ2n) is 16.5. The third-order valence-corrected chi connectivity index (χ3v) is 17.9. The van der Waals surface area contributed by atoms with Crippen molar-refractivity contribution in [1.29, 1.82) is 0 Å². The van der Waals surface area contributed by atoms with Gasteiger partial charge in [-0.05, 0) is 87.5 Å². The van der Waals surface area contributed by atoms with E-state index in [0.717, 1.165) is 99.6 Å². The van der Waals surface area contributed by atoms with E-state index in [1.54, 1.807) is 0 Å². The van der Waals surface area contributed by atoms with E-state index in [1.807, 2.05) is 18.2 Å². The smallest absolute Gasteiger partial charge is 0.221 e. The maximum atomic E-state index is 7.04. The molecule has 6 heterocycles. The van der Waals surface area contributed by atoms with Crippen LogP contribution in [-0.4, -0.2) is 41.0 Å². The average Bonchev–Trinajstić information content (AvgIpc) is 4.16. The molecule has 0 aliphatic heterocycles. The van der Waals surface area contributed by atoms with E-state index in [4.69, 9.17) is 19.4 Å². The lowest BCUT2D eigenvalue weighted by Gasteiger charge is -2.34. The minimum absolute atomic E-state index is 0.751. The Morgan fingerprint density at radius 1 is 0.359 bits per heavy atom. The van der Waals surface area contributed by atoms with Gasteiger partial charge >= 0.3 is 0 Å². The number of benzene rings is 8. The molecule has 300 valence electrons. The highest BCUT2D eigenvalue weighted by molar-refractivity contribution is 7.20. The molecule has 0 spiro atoms. The molecule has 0 radical (unpaired) electrons. The van der Waals surface area contributed by atoms with Gasteiger partial charge in [-0.2, -0.15) is 0 Å². The lowest BCUT2D eigenvalue weighted by atomic mass is 10.1. The Hall–Kier alpha value is -8.53. The molecule has 8 nitrogen and oxygen atoms in total. The molecule has 0 atom stereocenters. The Morgan fingerprint density at radius 2 is 0.812 bits per heavy atom. The molecule has 9 heteroatoms. The van der Waals surface area contributed by atoms with Crippen molar-refractivity contribution in [3.8, 4) is 11.6 Å². The van der Waals surface area contributed by atoms with Gasteiger partial charge in [0.25, 0.3) is 0 Å². The van der Waals surface area contributed by atoms with Gasteiger partial charge in [0.05, 0.1) is 44.1 Å². The first-order valence-corrected chi connectivity index (χ1v) is 23.5. The van der Waals surface area contributed by atoms with Crippen LogP contribution in [0.4, 0.5) is 0 Å². The first-order valence-electron chi connectivity index (χ1n) is 21.5. The molecule has 0 N–H and O–H groups in total. The highest BCUT2D eigenvalue weighted by atomic mass is 28.3. The van der Waals surface area contributed by atoms with Crippen molar-refractivity contribution < 1.29 is 4.42 Å². The van der Waals surface area contributed by atoms with E-state index in [0.29, 0.717) is 0 Å². The third kappa shape index (κ3) is 4.73. The van der Waals surface area contributed by atoms with E-state index in [2.05, 4.69) is 212 Å². The molecule has 8 aromatic carbocycles. The Labute approximate surface area is 366 Å². The number of pyridine rings is 1. The van der Waals surface area contributed by atoms with Crippen molar-refractivity contribution >= 4 is 106 Å². The van der Waals surface area contributed by atoms with Gasteiger partial charge in [0.1, 0.15) is 22.8 Å². The highest BCUT2D eigenvalue weighted by Crippen LogP contribution is 2.33. The number of hydrogen-bond acceptors (Lipinski definition) is 4. The Morgan fingerprint density at radius 3 is 1.38 bits per heavy atom. The van der Waals surface area contributed by atoms with Gasteiger partial charge < -0.3 is 4.42 Å². The summed E-state index contributed by atoms with van der Waals surface area (Å²) >= 11 is 0. The summed E-state index contributed by atoms with van der Waals surface area (Å²) in [6, 6.07) is 75.6. The number of hydrogen-bond donors (Lipinski definition) is 0. The zero-order valence-electron chi connectivity index (χ0n) is 34.2. The monoisotopic (exact) mass is 837 g/mol. The van der Waals surface area contributed by atoms with E-state index in [9.17, 15) is 0 Å². The van der Waals surface area contributed by atoms with Crippen LogP contribution >= 0.6 is 0 Å². The first-order chi connectivity index (χ1) is 31.8. The van der Waals surface area contributed by atoms with E-state index in [1.165, 1.54) is 10.4 Å². The molecule has 0 saturated carbocycles.